The number of likely N-dealkylation sites (N-methyl/N-ethyl adjacent to an activating group) is 1. The van der Waals surface area contributed by atoms with Crippen LogP contribution in [0.2, 0.25) is 0 Å². The molecular formula is C17H13BrN2O2. The lowest BCUT2D eigenvalue weighted by atomic mass is 9.87. The topological polar surface area (TPSA) is 56.3 Å². The number of H-pyrrole nitrogens is 1. The van der Waals surface area contributed by atoms with Crippen LogP contribution in [0.4, 0.5) is 5.69 Å². The number of fused-ring (bicyclic) bond motifs is 2. The summed E-state index contributed by atoms with van der Waals surface area (Å²) in [6, 6.07) is 13.1. The van der Waals surface area contributed by atoms with Crippen molar-refractivity contribution in [3.8, 4) is 0 Å². The summed E-state index contributed by atoms with van der Waals surface area (Å²) in [6.07, 6.45) is 1.71. The zero-order valence-electron chi connectivity index (χ0n) is 11.8. The molecule has 0 spiro atoms. The summed E-state index contributed by atoms with van der Waals surface area (Å²) >= 11 is 3.42. The third-order valence-electron chi connectivity index (χ3n) is 4.30. The first-order valence-electron chi connectivity index (χ1n) is 6.90. The molecule has 1 unspecified atom stereocenters. The maximum absolute atomic E-state index is 12.8. The molecule has 1 aliphatic rings. The minimum absolute atomic E-state index is 0.342. The average Bonchev–Trinajstić information content (AvgIpc) is 3.03. The number of halogens is 1. The van der Waals surface area contributed by atoms with Gasteiger partial charge in [0.2, 0.25) is 0 Å². The number of nitrogens with zero attached hydrogens (tertiary/aromatic N) is 1. The highest BCUT2D eigenvalue weighted by Gasteiger charge is 2.51. The van der Waals surface area contributed by atoms with Crippen molar-refractivity contribution < 1.29 is 9.90 Å². The number of hydrogen-bond acceptors (Lipinski definition) is 2. The molecule has 5 heteroatoms. The number of anilines is 1. The van der Waals surface area contributed by atoms with Gasteiger partial charge in [0.25, 0.3) is 5.91 Å². The van der Waals surface area contributed by atoms with E-state index in [0.29, 0.717) is 11.1 Å². The molecule has 0 fully saturated rings. The third kappa shape index (κ3) is 1.58. The third-order valence-corrected chi connectivity index (χ3v) is 4.80. The van der Waals surface area contributed by atoms with Crippen molar-refractivity contribution in [2.45, 2.75) is 5.60 Å². The maximum Gasteiger partial charge on any atom is 0.268 e. The maximum atomic E-state index is 12.8. The molecule has 0 aliphatic carbocycles. The van der Waals surface area contributed by atoms with Gasteiger partial charge in [-0.15, -0.1) is 0 Å². The van der Waals surface area contributed by atoms with Gasteiger partial charge in [0.1, 0.15) is 0 Å². The first-order valence-corrected chi connectivity index (χ1v) is 7.70. The quantitative estimate of drug-likeness (QED) is 0.703. The van der Waals surface area contributed by atoms with E-state index in [9.17, 15) is 9.90 Å². The van der Waals surface area contributed by atoms with Crippen LogP contribution in [-0.4, -0.2) is 23.0 Å². The number of aromatic amines is 1. The van der Waals surface area contributed by atoms with Crippen LogP contribution in [0.1, 0.15) is 11.1 Å². The van der Waals surface area contributed by atoms with E-state index in [4.69, 9.17) is 0 Å². The SMILES string of the molecule is CN1C(=O)C(O)(c2c[nH]c3ccccc23)c2cc(Br)ccc21. The van der Waals surface area contributed by atoms with Gasteiger partial charge in [-0.1, -0.05) is 34.1 Å². The van der Waals surface area contributed by atoms with E-state index in [1.165, 1.54) is 4.90 Å². The highest BCUT2D eigenvalue weighted by atomic mass is 79.9. The fourth-order valence-corrected chi connectivity index (χ4v) is 3.55. The molecule has 1 aromatic heterocycles. The summed E-state index contributed by atoms with van der Waals surface area (Å²) in [4.78, 5) is 17.4. The second-order valence-electron chi connectivity index (χ2n) is 5.48. The molecule has 2 aromatic carbocycles. The van der Waals surface area contributed by atoms with Crippen molar-refractivity contribution >= 4 is 38.4 Å². The van der Waals surface area contributed by atoms with E-state index in [1.807, 2.05) is 36.4 Å². The number of benzene rings is 2. The second kappa shape index (κ2) is 4.44. The molecule has 0 radical (unpaired) electrons. The molecule has 22 heavy (non-hydrogen) atoms. The molecule has 0 saturated heterocycles. The molecule has 2 N–H and O–H groups in total. The largest absolute Gasteiger partial charge is 0.372 e. The summed E-state index contributed by atoms with van der Waals surface area (Å²) in [6.45, 7) is 0. The minimum atomic E-state index is -1.67. The Kier molecular flexibility index (Phi) is 2.74. The van der Waals surface area contributed by atoms with E-state index in [0.717, 1.165) is 21.1 Å². The van der Waals surface area contributed by atoms with Crippen LogP contribution in [0.15, 0.2) is 53.1 Å². The monoisotopic (exact) mass is 356 g/mol. The number of rotatable bonds is 1. The number of aliphatic hydroxyl groups is 1. The molecule has 1 atom stereocenters. The van der Waals surface area contributed by atoms with Gasteiger partial charge in [-0.3, -0.25) is 4.79 Å². The van der Waals surface area contributed by atoms with Crippen molar-refractivity contribution in [3.05, 3.63) is 64.3 Å². The Bertz CT molecular complexity index is 918. The molecule has 0 saturated carbocycles. The highest BCUT2D eigenvalue weighted by Crippen LogP contribution is 2.46. The number of para-hydroxylation sites is 1. The second-order valence-corrected chi connectivity index (χ2v) is 6.40. The normalized spacial score (nSPS) is 20.7. The summed E-state index contributed by atoms with van der Waals surface area (Å²) in [5.74, 6) is -0.342. The predicted molar refractivity (Wildman–Crippen MR) is 88.8 cm³/mol. The number of hydrogen-bond donors (Lipinski definition) is 2. The van der Waals surface area contributed by atoms with Crippen LogP contribution in [-0.2, 0) is 10.4 Å². The van der Waals surface area contributed by atoms with Gasteiger partial charge in [0, 0.05) is 39.7 Å². The first-order chi connectivity index (χ1) is 10.5. The van der Waals surface area contributed by atoms with Crippen molar-refractivity contribution in [3.63, 3.8) is 0 Å². The van der Waals surface area contributed by atoms with Crippen LogP contribution in [0.3, 0.4) is 0 Å². The number of carbonyl (C=O) groups is 1. The predicted octanol–water partition coefficient (Wildman–Crippen LogP) is 3.14. The summed E-state index contributed by atoms with van der Waals surface area (Å²) in [5, 5.41) is 12.2. The zero-order valence-corrected chi connectivity index (χ0v) is 13.4. The lowest BCUT2D eigenvalue weighted by Crippen LogP contribution is -2.39. The minimum Gasteiger partial charge on any atom is -0.372 e. The van der Waals surface area contributed by atoms with Gasteiger partial charge in [-0.25, -0.2) is 0 Å². The molecule has 4 rings (SSSR count). The van der Waals surface area contributed by atoms with Gasteiger partial charge in [0.05, 0.1) is 5.69 Å². The number of amides is 1. The van der Waals surface area contributed by atoms with Crippen LogP contribution in [0.5, 0.6) is 0 Å². The summed E-state index contributed by atoms with van der Waals surface area (Å²) < 4.78 is 0.826. The Morgan fingerprint density at radius 3 is 2.77 bits per heavy atom. The Balaban J connectivity index is 2.05. The number of nitrogens with one attached hydrogen (secondary N) is 1. The molecule has 0 bridgehead atoms. The molecule has 1 aliphatic heterocycles. The Hall–Kier alpha value is -2.11. The van der Waals surface area contributed by atoms with Crippen molar-refractivity contribution in [2.24, 2.45) is 0 Å². The van der Waals surface area contributed by atoms with Crippen molar-refractivity contribution in [1.82, 2.24) is 4.98 Å². The van der Waals surface area contributed by atoms with Crippen molar-refractivity contribution in [1.29, 1.82) is 0 Å². The van der Waals surface area contributed by atoms with Crippen LogP contribution >= 0.6 is 15.9 Å². The van der Waals surface area contributed by atoms with Gasteiger partial charge in [0.15, 0.2) is 5.60 Å². The molecule has 3 aromatic rings. The Morgan fingerprint density at radius 1 is 1.18 bits per heavy atom. The molecule has 2 heterocycles. The summed E-state index contributed by atoms with van der Waals surface area (Å²) in [5.41, 5.74) is 1.12. The number of carbonyl (C=O) groups excluding carboxylic acids is 1. The van der Waals surface area contributed by atoms with E-state index in [-0.39, 0.29) is 5.91 Å². The average molecular weight is 357 g/mol. The molecule has 110 valence electrons. The van der Waals surface area contributed by atoms with E-state index < -0.39 is 5.60 Å². The fourth-order valence-electron chi connectivity index (χ4n) is 3.19. The Morgan fingerprint density at radius 2 is 1.95 bits per heavy atom. The van der Waals surface area contributed by atoms with Gasteiger partial charge < -0.3 is 15.0 Å². The lowest BCUT2D eigenvalue weighted by Gasteiger charge is -2.21. The molecule has 1 amide bonds. The summed E-state index contributed by atoms with van der Waals surface area (Å²) in [7, 11) is 1.68. The van der Waals surface area contributed by atoms with E-state index in [1.54, 1.807) is 19.3 Å². The highest BCUT2D eigenvalue weighted by molar-refractivity contribution is 9.10. The van der Waals surface area contributed by atoms with E-state index in [2.05, 4.69) is 20.9 Å². The Labute approximate surface area is 135 Å². The fraction of sp³-hybridized carbons (Fsp3) is 0.118. The number of aromatic nitrogens is 1. The first kappa shape index (κ1) is 13.5. The lowest BCUT2D eigenvalue weighted by molar-refractivity contribution is -0.131. The van der Waals surface area contributed by atoms with Crippen LogP contribution < -0.4 is 4.90 Å². The van der Waals surface area contributed by atoms with Gasteiger partial charge in [-0.05, 0) is 24.3 Å². The standard InChI is InChI=1S/C17H13BrN2O2/c1-20-15-7-6-10(18)8-12(15)17(22,16(20)21)13-9-19-14-5-3-2-4-11(13)14/h2-9,19,22H,1H3. The molecular weight excluding hydrogens is 344 g/mol. The van der Waals surface area contributed by atoms with Crippen LogP contribution in [0.25, 0.3) is 10.9 Å². The van der Waals surface area contributed by atoms with Gasteiger partial charge in [-0.2, -0.15) is 0 Å². The van der Waals surface area contributed by atoms with Crippen LogP contribution in [0, 0.1) is 0 Å². The van der Waals surface area contributed by atoms with Crippen molar-refractivity contribution in [2.75, 3.05) is 11.9 Å². The smallest absolute Gasteiger partial charge is 0.268 e. The zero-order chi connectivity index (χ0) is 15.5. The van der Waals surface area contributed by atoms with E-state index >= 15 is 0 Å². The molecule has 4 nitrogen and oxygen atoms in total. The van der Waals surface area contributed by atoms with Gasteiger partial charge >= 0.3 is 0 Å².